The number of hydrogen-bond acceptors (Lipinski definition) is 5. The zero-order valence-corrected chi connectivity index (χ0v) is 12.7. The van der Waals surface area contributed by atoms with Gasteiger partial charge in [-0.25, -0.2) is 14.4 Å². The Kier molecular flexibility index (Phi) is 2.87. The Bertz CT molecular complexity index is 958. The molecule has 0 aliphatic rings. The van der Waals surface area contributed by atoms with Gasteiger partial charge in [-0.2, -0.15) is 0 Å². The highest BCUT2D eigenvalue weighted by atomic mass is 32.1. The molecular formula is C15H10FN3S2. The Labute approximate surface area is 128 Å². The molecule has 4 rings (SSSR count). The van der Waals surface area contributed by atoms with Gasteiger partial charge in [0.05, 0.1) is 19.9 Å². The molecule has 0 amide bonds. The molecule has 0 aliphatic heterocycles. The lowest BCUT2D eigenvalue weighted by Gasteiger charge is -2.01. The van der Waals surface area contributed by atoms with E-state index in [1.165, 1.54) is 17.4 Å². The fraction of sp³-hybridized carbons (Fsp3) is 0.0667. The van der Waals surface area contributed by atoms with E-state index in [4.69, 9.17) is 0 Å². The lowest BCUT2D eigenvalue weighted by atomic mass is 10.3. The summed E-state index contributed by atoms with van der Waals surface area (Å²) < 4.78 is 15.6. The van der Waals surface area contributed by atoms with Crippen molar-refractivity contribution in [3.05, 3.63) is 47.2 Å². The summed E-state index contributed by atoms with van der Waals surface area (Å²) in [6.07, 6.45) is 0. The summed E-state index contributed by atoms with van der Waals surface area (Å²) in [5.74, 6) is -0.287. The first-order valence-corrected chi connectivity index (χ1v) is 8.01. The van der Waals surface area contributed by atoms with Crippen molar-refractivity contribution in [3.63, 3.8) is 0 Å². The molecule has 0 fully saturated rings. The first-order valence-electron chi connectivity index (χ1n) is 6.38. The Morgan fingerprint density at radius 2 is 1.95 bits per heavy atom. The van der Waals surface area contributed by atoms with Gasteiger partial charge in [-0.1, -0.05) is 17.4 Å². The average Bonchev–Trinajstić information content (AvgIpc) is 3.01. The number of benzene rings is 2. The van der Waals surface area contributed by atoms with E-state index in [1.807, 2.05) is 31.2 Å². The SMILES string of the molecule is Cc1nc2ccc(Nc3nc4c(F)cccc4s3)cc2s1. The van der Waals surface area contributed by atoms with Crippen LogP contribution in [-0.4, -0.2) is 9.97 Å². The molecule has 2 heterocycles. The van der Waals surface area contributed by atoms with Gasteiger partial charge in [-0.3, -0.25) is 0 Å². The molecule has 0 saturated heterocycles. The van der Waals surface area contributed by atoms with Gasteiger partial charge in [-0.15, -0.1) is 11.3 Å². The molecule has 2 aromatic heterocycles. The standard InChI is InChI=1S/C15H10FN3S2/c1-8-17-11-6-5-9(7-13(11)20-8)18-15-19-14-10(16)3-2-4-12(14)21-15/h2-7H,1H3,(H,18,19). The number of halogens is 1. The van der Waals surface area contributed by atoms with Gasteiger partial charge in [0, 0.05) is 5.69 Å². The first-order chi connectivity index (χ1) is 10.2. The summed E-state index contributed by atoms with van der Waals surface area (Å²) in [5, 5.41) is 4.98. The number of nitrogens with one attached hydrogen (secondary N) is 1. The van der Waals surface area contributed by atoms with Crippen LogP contribution in [0.5, 0.6) is 0 Å². The summed E-state index contributed by atoms with van der Waals surface area (Å²) in [4.78, 5) is 8.75. The summed E-state index contributed by atoms with van der Waals surface area (Å²) >= 11 is 3.10. The molecule has 0 bridgehead atoms. The summed E-state index contributed by atoms with van der Waals surface area (Å²) in [7, 11) is 0. The number of hydrogen-bond donors (Lipinski definition) is 1. The summed E-state index contributed by atoms with van der Waals surface area (Å²) in [5.41, 5.74) is 2.35. The molecule has 0 radical (unpaired) electrons. The number of anilines is 2. The van der Waals surface area contributed by atoms with Crippen molar-refractivity contribution in [2.45, 2.75) is 6.92 Å². The van der Waals surface area contributed by atoms with E-state index >= 15 is 0 Å². The molecular weight excluding hydrogens is 305 g/mol. The largest absolute Gasteiger partial charge is 0.331 e. The molecule has 0 unspecified atom stereocenters. The van der Waals surface area contributed by atoms with Crippen molar-refractivity contribution in [3.8, 4) is 0 Å². The minimum atomic E-state index is -0.287. The molecule has 0 saturated carbocycles. The van der Waals surface area contributed by atoms with Crippen LogP contribution < -0.4 is 5.32 Å². The predicted molar refractivity (Wildman–Crippen MR) is 87.2 cm³/mol. The second-order valence-corrected chi connectivity index (χ2v) is 6.91. The Hall–Kier alpha value is -2.05. The fourth-order valence-corrected chi connectivity index (χ4v) is 3.98. The molecule has 4 aromatic rings. The van der Waals surface area contributed by atoms with Crippen LogP contribution in [-0.2, 0) is 0 Å². The third-order valence-electron chi connectivity index (χ3n) is 3.12. The van der Waals surface area contributed by atoms with Crippen LogP contribution in [0.4, 0.5) is 15.2 Å². The number of nitrogens with zero attached hydrogens (tertiary/aromatic N) is 2. The van der Waals surface area contributed by atoms with E-state index in [-0.39, 0.29) is 5.82 Å². The van der Waals surface area contributed by atoms with Crippen LogP contribution in [0.3, 0.4) is 0 Å². The van der Waals surface area contributed by atoms with E-state index in [0.717, 1.165) is 25.6 Å². The predicted octanol–water partition coefficient (Wildman–Crippen LogP) is 5.10. The maximum absolute atomic E-state index is 13.7. The van der Waals surface area contributed by atoms with Crippen LogP contribution in [0.1, 0.15) is 5.01 Å². The Morgan fingerprint density at radius 3 is 2.81 bits per heavy atom. The quantitative estimate of drug-likeness (QED) is 0.559. The number of aryl methyl sites for hydroxylation is 1. The van der Waals surface area contributed by atoms with Crippen LogP contribution >= 0.6 is 22.7 Å². The normalized spacial score (nSPS) is 11.3. The topological polar surface area (TPSA) is 37.8 Å². The van der Waals surface area contributed by atoms with E-state index in [9.17, 15) is 4.39 Å². The van der Waals surface area contributed by atoms with Gasteiger partial charge < -0.3 is 5.32 Å². The van der Waals surface area contributed by atoms with E-state index < -0.39 is 0 Å². The van der Waals surface area contributed by atoms with Gasteiger partial charge in [-0.05, 0) is 37.3 Å². The number of rotatable bonds is 2. The third kappa shape index (κ3) is 2.26. The smallest absolute Gasteiger partial charge is 0.188 e. The first kappa shape index (κ1) is 12.7. The number of thiazole rings is 2. The van der Waals surface area contributed by atoms with Crippen molar-refractivity contribution in [2.75, 3.05) is 5.32 Å². The summed E-state index contributed by atoms with van der Waals surface area (Å²) in [6, 6.07) is 11.0. The number of aromatic nitrogens is 2. The van der Waals surface area contributed by atoms with E-state index in [2.05, 4.69) is 15.3 Å². The molecule has 1 N–H and O–H groups in total. The maximum atomic E-state index is 13.7. The zero-order valence-electron chi connectivity index (χ0n) is 11.1. The fourth-order valence-electron chi connectivity index (χ4n) is 2.21. The molecule has 6 heteroatoms. The van der Waals surface area contributed by atoms with Crippen LogP contribution in [0.25, 0.3) is 20.4 Å². The van der Waals surface area contributed by atoms with Crippen LogP contribution in [0, 0.1) is 12.7 Å². The lowest BCUT2D eigenvalue weighted by Crippen LogP contribution is -1.88. The highest BCUT2D eigenvalue weighted by Gasteiger charge is 2.08. The number of fused-ring (bicyclic) bond motifs is 2. The number of para-hydroxylation sites is 1. The highest BCUT2D eigenvalue weighted by molar-refractivity contribution is 7.22. The van der Waals surface area contributed by atoms with Gasteiger partial charge in [0.15, 0.2) is 5.13 Å². The van der Waals surface area contributed by atoms with Crippen molar-refractivity contribution in [2.24, 2.45) is 0 Å². The second-order valence-electron chi connectivity index (χ2n) is 4.65. The molecule has 2 aromatic carbocycles. The van der Waals surface area contributed by atoms with Crippen molar-refractivity contribution >= 4 is 53.9 Å². The molecule has 104 valence electrons. The van der Waals surface area contributed by atoms with E-state index in [0.29, 0.717) is 10.6 Å². The molecule has 3 nitrogen and oxygen atoms in total. The molecule has 0 atom stereocenters. The van der Waals surface area contributed by atoms with Crippen LogP contribution in [0.2, 0.25) is 0 Å². The van der Waals surface area contributed by atoms with Crippen LogP contribution in [0.15, 0.2) is 36.4 Å². The van der Waals surface area contributed by atoms with Crippen molar-refractivity contribution in [1.29, 1.82) is 0 Å². The second kappa shape index (κ2) is 4.75. The van der Waals surface area contributed by atoms with Gasteiger partial charge in [0.2, 0.25) is 0 Å². The van der Waals surface area contributed by atoms with Gasteiger partial charge >= 0.3 is 0 Å². The Balaban J connectivity index is 1.73. The van der Waals surface area contributed by atoms with Crippen molar-refractivity contribution in [1.82, 2.24) is 9.97 Å². The maximum Gasteiger partial charge on any atom is 0.188 e. The third-order valence-corrected chi connectivity index (χ3v) is 4.99. The average molecular weight is 315 g/mol. The minimum absolute atomic E-state index is 0.287. The zero-order chi connectivity index (χ0) is 14.4. The van der Waals surface area contributed by atoms with E-state index in [1.54, 1.807) is 17.4 Å². The minimum Gasteiger partial charge on any atom is -0.331 e. The lowest BCUT2D eigenvalue weighted by molar-refractivity contribution is 0.637. The summed E-state index contributed by atoms with van der Waals surface area (Å²) in [6.45, 7) is 1.99. The Morgan fingerprint density at radius 1 is 1.05 bits per heavy atom. The highest BCUT2D eigenvalue weighted by Crippen LogP contribution is 2.31. The monoisotopic (exact) mass is 315 g/mol. The van der Waals surface area contributed by atoms with Crippen molar-refractivity contribution < 1.29 is 4.39 Å². The van der Waals surface area contributed by atoms with Gasteiger partial charge in [0.25, 0.3) is 0 Å². The molecule has 0 spiro atoms. The van der Waals surface area contributed by atoms with Gasteiger partial charge in [0.1, 0.15) is 11.3 Å². The molecule has 21 heavy (non-hydrogen) atoms. The molecule has 0 aliphatic carbocycles.